The SMILES string of the molecule is CSc1nc(C)c(C(=O)O)c(-c2cccc(Cl)c2)n1. The zero-order valence-electron chi connectivity index (χ0n) is 10.3. The standard InChI is InChI=1S/C13H11ClN2O2S/c1-7-10(12(17)18)11(16-13(15-7)19-2)8-4-3-5-9(14)6-8/h3-6H,1-2H3,(H,17,18). The van der Waals surface area contributed by atoms with Crippen molar-refractivity contribution in [2.24, 2.45) is 0 Å². The topological polar surface area (TPSA) is 63.1 Å². The first-order valence-corrected chi connectivity index (χ1v) is 7.05. The van der Waals surface area contributed by atoms with Gasteiger partial charge in [-0.25, -0.2) is 14.8 Å². The highest BCUT2D eigenvalue weighted by Gasteiger charge is 2.19. The van der Waals surface area contributed by atoms with E-state index in [1.807, 2.05) is 6.26 Å². The van der Waals surface area contributed by atoms with Crippen LogP contribution >= 0.6 is 23.4 Å². The number of thioether (sulfide) groups is 1. The lowest BCUT2D eigenvalue weighted by atomic mass is 10.1. The minimum absolute atomic E-state index is 0.111. The predicted molar refractivity (Wildman–Crippen MR) is 76.0 cm³/mol. The first kappa shape index (κ1) is 13.8. The Morgan fingerprint density at radius 3 is 2.68 bits per heavy atom. The second-order valence-electron chi connectivity index (χ2n) is 3.83. The largest absolute Gasteiger partial charge is 0.478 e. The summed E-state index contributed by atoms with van der Waals surface area (Å²) in [4.78, 5) is 19.8. The molecule has 0 aliphatic heterocycles. The third-order valence-corrected chi connectivity index (χ3v) is 3.35. The van der Waals surface area contributed by atoms with Crippen molar-refractivity contribution in [3.05, 3.63) is 40.5 Å². The van der Waals surface area contributed by atoms with E-state index in [0.29, 0.717) is 27.1 Å². The monoisotopic (exact) mass is 294 g/mol. The van der Waals surface area contributed by atoms with Crippen molar-refractivity contribution in [1.29, 1.82) is 0 Å². The highest BCUT2D eigenvalue weighted by molar-refractivity contribution is 7.98. The van der Waals surface area contributed by atoms with E-state index in [1.54, 1.807) is 31.2 Å². The number of halogens is 1. The van der Waals surface area contributed by atoms with Gasteiger partial charge < -0.3 is 5.11 Å². The quantitative estimate of drug-likeness (QED) is 0.693. The average molecular weight is 295 g/mol. The Bertz CT molecular complexity index is 647. The van der Waals surface area contributed by atoms with Crippen LogP contribution < -0.4 is 0 Å². The number of hydrogen-bond donors (Lipinski definition) is 1. The van der Waals surface area contributed by atoms with Crippen LogP contribution in [-0.2, 0) is 0 Å². The summed E-state index contributed by atoms with van der Waals surface area (Å²) < 4.78 is 0. The van der Waals surface area contributed by atoms with Gasteiger partial charge in [0, 0.05) is 10.6 Å². The van der Waals surface area contributed by atoms with Crippen LogP contribution in [0.4, 0.5) is 0 Å². The van der Waals surface area contributed by atoms with E-state index in [-0.39, 0.29) is 5.56 Å². The molecule has 0 bridgehead atoms. The number of aryl methyl sites for hydroxylation is 1. The van der Waals surface area contributed by atoms with Gasteiger partial charge in [0.15, 0.2) is 5.16 Å². The fourth-order valence-electron chi connectivity index (χ4n) is 1.74. The molecule has 0 radical (unpaired) electrons. The third kappa shape index (κ3) is 2.88. The van der Waals surface area contributed by atoms with Gasteiger partial charge in [-0.15, -0.1) is 0 Å². The summed E-state index contributed by atoms with van der Waals surface area (Å²) in [6.07, 6.45) is 1.84. The lowest BCUT2D eigenvalue weighted by molar-refractivity contribution is 0.0696. The second-order valence-corrected chi connectivity index (χ2v) is 5.04. The highest BCUT2D eigenvalue weighted by Crippen LogP contribution is 2.27. The smallest absolute Gasteiger partial charge is 0.339 e. The number of aromatic nitrogens is 2. The number of carbonyl (C=O) groups is 1. The summed E-state index contributed by atoms with van der Waals surface area (Å²) in [6, 6.07) is 6.97. The van der Waals surface area contributed by atoms with Gasteiger partial charge in [-0.3, -0.25) is 0 Å². The van der Waals surface area contributed by atoms with Crippen molar-refractivity contribution in [3.8, 4) is 11.3 Å². The molecule has 6 heteroatoms. The number of rotatable bonds is 3. The number of carboxylic acids is 1. The van der Waals surface area contributed by atoms with Gasteiger partial charge in [0.05, 0.1) is 11.4 Å². The average Bonchev–Trinajstić information content (AvgIpc) is 2.37. The molecule has 0 unspecified atom stereocenters. The lowest BCUT2D eigenvalue weighted by Crippen LogP contribution is -2.08. The molecule has 0 saturated heterocycles. The molecular formula is C13H11ClN2O2S. The molecule has 2 aromatic rings. The van der Waals surface area contributed by atoms with Crippen LogP contribution in [0.5, 0.6) is 0 Å². The predicted octanol–water partition coefficient (Wildman–Crippen LogP) is 3.53. The van der Waals surface area contributed by atoms with E-state index in [1.165, 1.54) is 11.8 Å². The van der Waals surface area contributed by atoms with E-state index in [9.17, 15) is 9.90 Å². The Kier molecular flexibility index (Phi) is 4.07. The molecule has 0 atom stereocenters. The van der Waals surface area contributed by atoms with Gasteiger partial charge in [-0.2, -0.15) is 0 Å². The summed E-state index contributed by atoms with van der Waals surface area (Å²) >= 11 is 7.31. The Morgan fingerprint density at radius 2 is 2.11 bits per heavy atom. The van der Waals surface area contributed by atoms with Crippen LogP contribution in [0.3, 0.4) is 0 Å². The zero-order valence-corrected chi connectivity index (χ0v) is 11.9. The fraction of sp³-hybridized carbons (Fsp3) is 0.154. The maximum absolute atomic E-state index is 11.4. The Hall–Kier alpha value is -1.59. The van der Waals surface area contributed by atoms with Gasteiger partial charge >= 0.3 is 5.97 Å². The third-order valence-electron chi connectivity index (χ3n) is 2.56. The van der Waals surface area contributed by atoms with Crippen molar-refractivity contribution >= 4 is 29.3 Å². The lowest BCUT2D eigenvalue weighted by Gasteiger charge is -2.09. The molecule has 0 fully saturated rings. The van der Waals surface area contributed by atoms with Crippen LogP contribution in [0.1, 0.15) is 16.1 Å². The first-order chi connectivity index (χ1) is 9.02. The Morgan fingerprint density at radius 1 is 1.37 bits per heavy atom. The summed E-state index contributed by atoms with van der Waals surface area (Å²) in [5, 5.41) is 10.4. The Balaban J connectivity index is 2.72. The molecule has 0 amide bonds. The van der Waals surface area contributed by atoms with Crippen LogP contribution in [0, 0.1) is 6.92 Å². The minimum atomic E-state index is -1.04. The summed E-state index contributed by atoms with van der Waals surface area (Å²) in [5.74, 6) is -1.04. The van der Waals surface area contributed by atoms with Crippen LogP contribution in [-0.4, -0.2) is 27.3 Å². The van der Waals surface area contributed by atoms with Crippen molar-refractivity contribution in [3.63, 3.8) is 0 Å². The number of carboxylic acid groups (broad SMARTS) is 1. The molecule has 0 spiro atoms. The Labute approximate surface area is 119 Å². The van der Waals surface area contributed by atoms with E-state index in [2.05, 4.69) is 9.97 Å². The molecule has 98 valence electrons. The van der Waals surface area contributed by atoms with Crippen LogP contribution in [0.2, 0.25) is 5.02 Å². The van der Waals surface area contributed by atoms with Gasteiger partial charge in [0.1, 0.15) is 5.56 Å². The molecule has 2 rings (SSSR count). The first-order valence-electron chi connectivity index (χ1n) is 5.44. The number of benzene rings is 1. The summed E-state index contributed by atoms with van der Waals surface area (Å²) in [5.41, 5.74) is 1.62. The van der Waals surface area contributed by atoms with Crippen molar-refractivity contribution in [1.82, 2.24) is 9.97 Å². The molecule has 1 heterocycles. The number of hydrogen-bond acceptors (Lipinski definition) is 4. The van der Waals surface area contributed by atoms with Crippen LogP contribution in [0.15, 0.2) is 29.4 Å². The molecule has 19 heavy (non-hydrogen) atoms. The second kappa shape index (κ2) is 5.59. The van der Waals surface area contributed by atoms with Crippen molar-refractivity contribution < 1.29 is 9.90 Å². The van der Waals surface area contributed by atoms with Gasteiger partial charge in [0.25, 0.3) is 0 Å². The molecule has 1 aromatic carbocycles. The van der Waals surface area contributed by atoms with Gasteiger partial charge in [-0.1, -0.05) is 35.5 Å². The van der Waals surface area contributed by atoms with E-state index < -0.39 is 5.97 Å². The molecule has 0 aliphatic carbocycles. The van der Waals surface area contributed by atoms with Crippen LogP contribution in [0.25, 0.3) is 11.3 Å². The highest BCUT2D eigenvalue weighted by atomic mass is 35.5. The number of nitrogens with zero attached hydrogens (tertiary/aromatic N) is 2. The van der Waals surface area contributed by atoms with Crippen molar-refractivity contribution in [2.45, 2.75) is 12.1 Å². The molecule has 0 saturated carbocycles. The van der Waals surface area contributed by atoms with E-state index in [4.69, 9.17) is 11.6 Å². The maximum Gasteiger partial charge on any atom is 0.339 e. The normalized spacial score (nSPS) is 10.5. The number of aromatic carboxylic acids is 1. The molecule has 1 N–H and O–H groups in total. The van der Waals surface area contributed by atoms with Crippen molar-refractivity contribution in [2.75, 3.05) is 6.26 Å². The molecule has 4 nitrogen and oxygen atoms in total. The van der Waals surface area contributed by atoms with Gasteiger partial charge in [0.2, 0.25) is 0 Å². The summed E-state index contributed by atoms with van der Waals surface area (Å²) in [6.45, 7) is 1.67. The zero-order chi connectivity index (χ0) is 14.0. The molecule has 1 aromatic heterocycles. The molecule has 0 aliphatic rings. The minimum Gasteiger partial charge on any atom is -0.478 e. The van der Waals surface area contributed by atoms with Gasteiger partial charge in [-0.05, 0) is 25.3 Å². The molecular weight excluding hydrogens is 284 g/mol. The van der Waals surface area contributed by atoms with E-state index >= 15 is 0 Å². The summed E-state index contributed by atoms with van der Waals surface area (Å²) in [7, 11) is 0. The fourth-order valence-corrected chi connectivity index (χ4v) is 2.34. The maximum atomic E-state index is 11.4. The van der Waals surface area contributed by atoms with E-state index in [0.717, 1.165) is 0 Å².